The molecule has 1 aliphatic heterocycles. The van der Waals surface area contributed by atoms with E-state index in [4.69, 9.17) is 9.05 Å². The predicted molar refractivity (Wildman–Crippen MR) is 118 cm³/mol. The first-order valence-corrected chi connectivity index (χ1v) is 13.2. The van der Waals surface area contributed by atoms with E-state index >= 15 is 0 Å². The van der Waals surface area contributed by atoms with Gasteiger partial charge in [-0.25, -0.2) is 4.57 Å². The van der Waals surface area contributed by atoms with Crippen LogP contribution in [0.3, 0.4) is 0 Å². The van der Waals surface area contributed by atoms with Gasteiger partial charge in [-0.3, -0.25) is 18.6 Å². The minimum absolute atomic E-state index is 0.0354. The Morgan fingerprint density at radius 3 is 2.10 bits per heavy atom. The highest BCUT2D eigenvalue weighted by Gasteiger charge is 2.34. The molecule has 0 bridgehead atoms. The number of nitrogens with zero attached hydrogens (tertiary/aromatic N) is 1. The van der Waals surface area contributed by atoms with Gasteiger partial charge in [0.05, 0.1) is 19.3 Å². The van der Waals surface area contributed by atoms with Gasteiger partial charge in [-0.05, 0) is 32.1 Å². The normalized spacial score (nSPS) is 21.0. The Bertz CT molecular complexity index is 556. The molecule has 7 nitrogen and oxygen atoms in total. The van der Waals surface area contributed by atoms with Gasteiger partial charge in [0.25, 0.3) is 0 Å². The van der Waals surface area contributed by atoms with Crippen molar-refractivity contribution in [2.45, 2.75) is 104 Å². The minimum Gasteiger partial charge on any atom is -0.337 e. The number of hydrogen-bond acceptors (Lipinski definition) is 5. The minimum atomic E-state index is -4.03. The van der Waals surface area contributed by atoms with Crippen LogP contribution in [0.2, 0.25) is 0 Å². The quantitative estimate of drug-likeness (QED) is 0.184. The molecule has 1 fully saturated rings. The van der Waals surface area contributed by atoms with E-state index in [1.54, 1.807) is 6.92 Å². The molecule has 1 unspecified atom stereocenters. The van der Waals surface area contributed by atoms with Gasteiger partial charge in [0, 0.05) is 25.8 Å². The Morgan fingerprint density at radius 1 is 0.967 bits per heavy atom. The van der Waals surface area contributed by atoms with Gasteiger partial charge in [-0.1, -0.05) is 52.4 Å². The van der Waals surface area contributed by atoms with Crippen molar-refractivity contribution in [3.63, 3.8) is 0 Å². The monoisotopic (exact) mass is 451 g/mol. The molecule has 0 aromatic heterocycles. The summed E-state index contributed by atoms with van der Waals surface area (Å²) < 4.78 is 21.5. The van der Waals surface area contributed by atoms with Crippen molar-refractivity contribution in [1.82, 2.24) is 4.90 Å². The lowest BCUT2D eigenvalue weighted by atomic mass is 10.0. The highest BCUT2D eigenvalue weighted by molar-refractivity contribution is 7.47. The van der Waals surface area contributed by atoms with Crippen LogP contribution in [0.1, 0.15) is 97.8 Å². The van der Waals surface area contributed by atoms with E-state index in [-0.39, 0.29) is 25.2 Å². The molecule has 1 N–H and O–H groups in total. The summed E-state index contributed by atoms with van der Waals surface area (Å²) >= 11 is 0. The van der Waals surface area contributed by atoms with Crippen LogP contribution in [-0.4, -0.2) is 47.3 Å². The zero-order chi connectivity index (χ0) is 22.4. The third-order valence-electron chi connectivity index (χ3n) is 5.66. The number of phosphoric acid groups is 1. The fourth-order valence-corrected chi connectivity index (χ4v) is 4.74. The first kappa shape index (κ1) is 27.3. The average molecular weight is 452 g/mol. The Morgan fingerprint density at radius 2 is 1.53 bits per heavy atom. The number of rotatable bonds is 17. The number of carbonyl (C=O) groups excluding carboxylic acids is 2. The van der Waals surface area contributed by atoms with Crippen LogP contribution >= 0.6 is 7.82 Å². The molecule has 176 valence electrons. The largest absolute Gasteiger partial charge is 0.472 e. The molecule has 30 heavy (non-hydrogen) atoms. The molecule has 3 atom stereocenters. The number of likely N-dealkylation sites (tertiary alicyclic amines) is 1. The topological polar surface area (TPSA) is 93.1 Å². The molecule has 8 heteroatoms. The molecule has 0 aromatic rings. The first-order valence-electron chi connectivity index (χ1n) is 11.7. The Labute approximate surface area is 182 Å². The molecule has 1 amide bonds. The van der Waals surface area contributed by atoms with Gasteiger partial charge in [0.15, 0.2) is 0 Å². The van der Waals surface area contributed by atoms with E-state index < -0.39 is 7.82 Å². The van der Waals surface area contributed by atoms with Gasteiger partial charge in [0.2, 0.25) is 5.91 Å². The van der Waals surface area contributed by atoms with Crippen molar-refractivity contribution in [1.29, 1.82) is 0 Å². The SMILES string of the molecule is CC[18O]P(=O)(O)[18O]C[C@@H]1C[C@@H](C)CN1C(=O)CCCCCCCCCCC(=O)CC. The maximum Gasteiger partial charge on any atom is 0.472 e. The summed E-state index contributed by atoms with van der Waals surface area (Å²) in [5, 5.41) is 0. The Hall–Kier alpha value is -0.750. The number of amides is 1. The van der Waals surface area contributed by atoms with E-state index in [2.05, 4.69) is 6.92 Å². The number of unbranched alkanes of at least 4 members (excludes halogenated alkanes) is 7. The molecular formula is C22H42NO6P. The van der Waals surface area contributed by atoms with Gasteiger partial charge < -0.3 is 9.79 Å². The van der Waals surface area contributed by atoms with Crippen LogP contribution in [0.15, 0.2) is 0 Å². The summed E-state index contributed by atoms with van der Waals surface area (Å²) in [4.78, 5) is 35.3. The second-order valence-corrected chi connectivity index (χ2v) is 9.90. The molecule has 1 aliphatic rings. The summed E-state index contributed by atoms with van der Waals surface area (Å²) in [6, 6.07) is -0.159. The van der Waals surface area contributed by atoms with Crippen molar-refractivity contribution in [3.05, 3.63) is 0 Å². The molecule has 0 saturated carbocycles. The summed E-state index contributed by atoms with van der Waals surface area (Å²) in [7, 11) is -4.03. The Kier molecular flexibility index (Phi) is 13.7. The fourth-order valence-electron chi connectivity index (χ4n) is 3.97. The fraction of sp³-hybridized carbons (Fsp3) is 0.909. The van der Waals surface area contributed by atoms with E-state index in [0.717, 1.165) is 44.9 Å². The van der Waals surface area contributed by atoms with Crippen molar-refractivity contribution in [2.24, 2.45) is 5.92 Å². The van der Waals surface area contributed by atoms with Crippen molar-refractivity contribution < 1.29 is 28.1 Å². The highest BCUT2D eigenvalue weighted by Crippen LogP contribution is 2.43. The van der Waals surface area contributed by atoms with Crippen LogP contribution in [0.4, 0.5) is 0 Å². The zero-order valence-corrected chi connectivity index (χ0v) is 20.0. The van der Waals surface area contributed by atoms with E-state index in [0.29, 0.717) is 31.1 Å². The number of hydrogen-bond donors (Lipinski definition) is 1. The maximum atomic E-state index is 12.6. The zero-order valence-electron chi connectivity index (χ0n) is 19.1. The lowest BCUT2D eigenvalue weighted by Gasteiger charge is -2.25. The van der Waals surface area contributed by atoms with Crippen LogP contribution in [-0.2, 0) is 23.2 Å². The van der Waals surface area contributed by atoms with Crippen molar-refractivity contribution >= 4 is 19.5 Å². The summed E-state index contributed by atoms with van der Waals surface area (Å²) in [5.74, 6) is 0.832. The second-order valence-electron chi connectivity index (χ2n) is 8.44. The van der Waals surface area contributed by atoms with Crippen molar-refractivity contribution in [3.8, 4) is 0 Å². The van der Waals surface area contributed by atoms with Crippen LogP contribution < -0.4 is 0 Å². The molecular weight excluding hydrogens is 409 g/mol. The van der Waals surface area contributed by atoms with E-state index in [1.807, 2.05) is 11.8 Å². The second kappa shape index (κ2) is 15.1. The van der Waals surface area contributed by atoms with Gasteiger partial charge in [0.1, 0.15) is 5.78 Å². The van der Waals surface area contributed by atoms with Gasteiger partial charge in [-0.15, -0.1) is 0 Å². The lowest BCUT2D eigenvalue weighted by molar-refractivity contribution is -0.133. The van der Waals surface area contributed by atoms with Gasteiger partial charge >= 0.3 is 7.82 Å². The molecule has 0 aromatic carbocycles. The number of phosphoric ester groups is 1. The number of ketones is 1. The standard InChI is InChI=1S/C22H42NO6P/c1-4-21(24)14-12-10-8-6-7-9-11-13-15-22(25)23-17-19(3)16-20(23)18-29-30(26,27)28-5-2/h19-20H,4-18H2,1-3H3,(H,26,27)/t19-,20+/m1/s1/i28+2,29+2. The smallest absolute Gasteiger partial charge is 0.337 e. The van der Waals surface area contributed by atoms with Crippen molar-refractivity contribution in [2.75, 3.05) is 19.8 Å². The third-order valence-corrected chi connectivity index (χ3v) is 6.72. The molecule has 0 spiro atoms. The molecule has 1 saturated heterocycles. The van der Waals surface area contributed by atoms with E-state index in [9.17, 15) is 19.0 Å². The molecule has 0 aliphatic carbocycles. The van der Waals surface area contributed by atoms with Crippen LogP contribution in [0.5, 0.6) is 0 Å². The van der Waals surface area contributed by atoms with Crippen LogP contribution in [0, 0.1) is 5.92 Å². The third kappa shape index (κ3) is 11.6. The summed E-state index contributed by atoms with van der Waals surface area (Å²) in [6.07, 6.45) is 11.4. The Balaban J connectivity index is 2.16. The lowest BCUT2D eigenvalue weighted by Crippen LogP contribution is -2.38. The first-order chi connectivity index (χ1) is 14.3. The molecule has 1 rings (SSSR count). The maximum absolute atomic E-state index is 12.6. The molecule has 1 heterocycles. The van der Waals surface area contributed by atoms with Gasteiger partial charge in [-0.2, -0.15) is 0 Å². The average Bonchev–Trinajstić information content (AvgIpc) is 3.08. The molecule has 0 radical (unpaired) electrons. The van der Waals surface area contributed by atoms with Crippen LogP contribution in [0.25, 0.3) is 0 Å². The summed E-state index contributed by atoms with van der Waals surface area (Å²) in [5.41, 5.74) is 0. The summed E-state index contributed by atoms with van der Waals surface area (Å²) in [6.45, 7) is 6.46. The predicted octanol–water partition coefficient (Wildman–Crippen LogP) is 5.26. The number of carbonyl (C=O) groups is 2. The van der Waals surface area contributed by atoms with E-state index in [1.165, 1.54) is 19.3 Å². The number of Topliss-reactive ketones (excluding diaryl/α,β-unsaturated/α-hetero) is 1. The highest BCUT2D eigenvalue weighted by atomic mass is 31.2.